The van der Waals surface area contributed by atoms with Crippen molar-refractivity contribution in [1.82, 2.24) is 0 Å². The van der Waals surface area contributed by atoms with Crippen LogP contribution >= 0.6 is 0 Å². The maximum atomic E-state index is 5.41. The van der Waals surface area contributed by atoms with Gasteiger partial charge >= 0.3 is 0 Å². The first kappa shape index (κ1) is 12.4. The monoisotopic (exact) mass is 240 g/mol. The molecule has 0 atom stereocenters. The molecule has 0 unspecified atom stereocenters. The van der Waals surface area contributed by atoms with Gasteiger partial charge in [-0.15, -0.1) is 0 Å². The van der Waals surface area contributed by atoms with E-state index in [9.17, 15) is 0 Å². The topological polar surface area (TPSA) is 13.1 Å². The molecule has 0 amide bonds. The number of aryl methyl sites for hydroxylation is 1. The van der Waals surface area contributed by atoms with Crippen LogP contribution in [0.4, 0.5) is 0 Å². The van der Waals surface area contributed by atoms with Crippen molar-refractivity contribution in [2.75, 3.05) is 6.61 Å². The SMILES string of the molecule is CCOc1ccc(/C=C/c2cc[n+](C)cc2)cc1. The molecule has 2 aromatic rings. The van der Waals surface area contributed by atoms with Crippen molar-refractivity contribution in [3.8, 4) is 5.75 Å². The fourth-order valence-electron chi connectivity index (χ4n) is 1.66. The maximum absolute atomic E-state index is 5.41. The van der Waals surface area contributed by atoms with Crippen molar-refractivity contribution >= 4 is 12.2 Å². The van der Waals surface area contributed by atoms with E-state index in [1.165, 1.54) is 11.1 Å². The average Bonchev–Trinajstić information content (AvgIpc) is 2.40. The predicted molar refractivity (Wildman–Crippen MR) is 74.2 cm³/mol. The predicted octanol–water partition coefficient (Wildman–Crippen LogP) is 3.08. The molecule has 0 spiro atoms. The number of hydrogen-bond donors (Lipinski definition) is 0. The van der Waals surface area contributed by atoms with Crippen LogP contribution in [-0.2, 0) is 7.05 Å². The van der Waals surface area contributed by atoms with E-state index < -0.39 is 0 Å². The van der Waals surface area contributed by atoms with Gasteiger partial charge in [0.05, 0.1) is 6.61 Å². The number of nitrogens with zero attached hydrogens (tertiary/aromatic N) is 1. The zero-order chi connectivity index (χ0) is 12.8. The molecule has 0 radical (unpaired) electrons. The Morgan fingerprint density at radius 1 is 0.944 bits per heavy atom. The maximum Gasteiger partial charge on any atom is 0.169 e. The van der Waals surface area contributed by atoms with Crippen LogP contribution < -0.4 is 9.30 Å². The van der Waals surface area contributed by atoms with Crippen LogP contribution in [0.2, 0.25) is 0 Å². The molecule has 0 fully saturated rings. The minimum Gasteiger partial charge on any atom is -0.494 e. The fraction of sp³-hybridized carbons (Fsp3) is 0.188. The van der Waals surface area contributed by atoms with Gasteiger partial charge in [0.25, 0.3) is 0 Å². The molecule has 0 N–H and O–H groups in total. The first-order valence-corrected chi connectivity index (χ1v) is 6.14. The Bertz CT molecular complexity index is 512. The molecule has 1 aromatic heterocycles. The molecule has 2 heteroatoms. The van der Waals surface area contributed by atoms with Crippen molar-refractivity contribution in [3.05, 3.63) is 59.9 Å². The summed E-state index contributed by atoms with van der Waals surface area (Å²) in [5.41, 5.74) is 2.37. The molecule has 1 aromatic carbocycles. The highest BCUT2D eigenvalue weighted by Gasteiger charge is 1.93. The van der Waals surface area contributed by atoms with Crippen LogP contribution in [0.1, 0.15) is 18.1 Å². The number of pyridine rings is 1. The van der Waals surface area contributed by atoms with E-state index in [0.717, 1.165) is 5.75 Å². The quantitative estimate of drug-likeness (QED) is 0.749. The van der Waals surface area contributed by atoms with Crippen molar-refractivity contribution in [2.45, 2.75) is 6.92 Å². The summed E-state index contributed by atoms with van der Waals surface area (Å²) >= 11 is 0. The minimum absolute atomic E-state index is 0.705. The van der Waals surface area contributed by atoms with Gasteiger partial charge in [0, 0.05) is 12.1 Å². The van der Waals surface area contributed by atoms with Gasteiger partial charge in [-0.3, -0.25) is 0 Å². The van der Waals surface area contributed by atoms with Crippen molar-refractivity contribution in [2.24, 2.45) is 7.05 Å². The Balaban J connectivity index is 2.06. The zero-order valence-electron chi connectivity index (χ0n) is 10.8. The molecule has 0 aliphatic rings. The Labute approximate surface area is 108 Å². The number of aromatic nitrogens is 1. The van der Waals surface area contributed by atoms with Gasteiger partial charge in [-0.05, 0) is 30.2 Å². The van der Waals surface area contributed by atoms with Crippen molar-refractivity contribution in [3.63, 3.8) is 0 Å². The highest BCUT2D eigenvalue weighted by atomic mass is 16.5. The van der Waals surface area contributed by atoms with E-state index in [4.69, 9.17) is 4.74 Å². The molecular weight excluding hydrogens is 222 g/mol. The van der Waals surface area contributed by atoms with Gasteiger partial charge in [-0.1, -0.05) is 24.3 Å². The Hall–Kier alpha value is -2.09. The lowest BCUT2D eigenvalue weighted by Crippen LogP contribution is -2.25. The summed E-state index contributed by atoms with van der Waals surface area (Å²) in [5, 5.41) is 0. The van der Waals surface area contributed by atoms with Crippen LogP contribution in [0.25, 0.3) is 12.2 Å². The average molecular weight is 240 g/mol. The van der Waals surface area contributed by atoms with Gasteiger partial charge in [-0.2, -0.15) is 0 Å². The Morgan fingerprint density at radius 3 is 2.06 bits per heavy atom. The molecule has 0 saturated carbocycles. The Morgan fingerprint density at radius 2 is 1.50 bits per heavy atom. The molecule has 0 aliphatic heterocycles. The van der Waals surface area contributed by atoms with Gasteiger partial charge in [-0.25, -0.2) is 4.57 Å². The smallest absolute Gasteiger partial charge is 0.169 e. The molecule has 92 valence electrons. The summed E-state index contributed by atoms with van der Waals surface area (Å²) in [6.45, 7) is 2.69. The highest BCUT2D eigenvalue weighted by Crippen LogP contribution is 2.14. The Kier molecular flexibility index (Phi) is 4.13. The van der Waals surface area contributed by atoms with Gasteiger partial charge in [0.1, 0.15) is 12.8 Å². The summed E-state index contributed by atoms with van der Waals surface area (Å²) in [5.74, 6) is 0.918. The van der Waals surface area contributed by atoms with Crippen LogP contribution in [0, 0.1) is 0 Å². The molecule has 1 heterocycles. The summed E-state index contributed by atoms with van der Waals surface area (Å²) < 4.78 is 7.43. The van der Waals surface area contributed by atoms with Gasteiger partial charge < -0.3 is 4.74 Å². The van der Waals surface area contributed by atoms with Gasteiger partial charge in [0.15, 0.2) is 12.4 Å². The lowest BCUT2D eigenvalue weighted by molar-refractivity contribution is -0.671. The third-order valence-electron chi connectivity index (χ3n) is 2.66. The second kappa shape index (κ2) is 6.01. The van der Waals surface area contributed by atoms with Gasteiger partial charge in [0.2, 0.25) is 0 Å². The van der Waals surface area contributed by atoms with Crippen molar-refractivity contribution < 1.29 is 9.30 Å². The summed E-state index contributed by atoms with van der Waals surface area (Å²) in [7, 11) is 2.01. The lowest BCUT2D eigenvalue weighted by Gasteiger charge is -2.02. The molecule has 18 heavy (non-hydrogen) atoms. The van der Waals surface area contributed by atoms with E-state index >= 15 is 0 Å². The highest BCUT2D eigenvalue weighted by molar-refractivity contribution is 5.69. The third kappa shape index (κ3) is 3.45. The largest absolute Gasteiger partial charge is 0.494 e. The summed E-state index contributed by atoms with van der Waals surface area (Å²) in [6, 6.07) is 12.3. The zero-order valence-corrected chi connectivity index (χ0v) is 10.8. The molecule has 0 saturated heterocycles. The first-order valence-electron chi connectivity index (χ1n) is 6.14. The van der Waals surface area contributed by atoms with Crippen molar-refractivity contribution in [1.29, 1.82) is 0 Å². The first-order chi connectivity index (χ1) is 8.78. The summed E-state index contributed by atoms with van der Waals surface area (Å²) in [4.78, 5) is 0. The number of rotatable bonds is 4. The van der Waals surface area contributed by atoms with Crippen LogP contribution in [0.15, 0.2) is 48.8 Å². The van der Waals surface area contributed by atoms with E-state index in [-0.39, 0.29) is 0 Å². The summed E-state index contributed by atoms with van der Waals surface area (Å²) in [6.07, 6.45) is 8.29. The molecule has 2 nitrogen and oxygen atoms in total. The standard InChI is InChI=1S/C16H18NO/c1-3-18-16-8-6-14(7-9-16)4-5-15-10-12-17(2)13-11-15/h4-13H,3H2,1-2H3/q+1/b5-4+. The van der Waals surface area contributed by atoms with Crippen LogP contribution in [-0.4, -0.2) is 6.61 Å². The third-order valence-corrected chi connectivity index (χ3v) is 2.66. The number of benzene rings is 1. The van der Waals surface area contributed by atoms with E-state index in [0.29, 0.717) is 6.61 Å². The molecular formula is C16H18NO+. The second-order valence-corrected chi connectivity index (χ2v) is 4.13. The van der Waals surface area contributed by atoms with Crippen LogP contribution in [0.3, 0.4) is 0 Å². The van der Waals surface area contributed by atoms with Crippen LogP contribution in [0.5, 0.6) is 5.75 Å². The van der Waals surface area contributed by atoms with E-state index in [1.54, 1.807) is 0 Å². The van der Waals surface area contributed by atoms with E-state index in [1.807, 2.05) is 43.1 Å². The molecule has 2 rings (SSSR count). The number of ether oxygens (including phenoxy) is 1. The fourth-order valence-corrected chi connectivity index (χ4v) is 1.66. The molecule has 0 aliphatic carbocycles. The molecule has 0 bridgehead atoms. The minimum atomic E-state index is 0.705. The second-order valence-electron chi connectivity index (χ2n) is 4.13. The lowest BCUT2D eigenvalue weighted by atomic mass is 10.1. The van der Waals surface area contributed by atoms with E-state index in [2.05, 4.69) is 36.4 Å². The number of hydrogen-bond acceptors (Lipinski definition) is 1. The normalized spacial score (nSPS) is 10.8.